The fourth-order valence-corrected chi connectivity index (χ4v) is 2.24. The van der Waals surface area contributed by atoms with Crippen LogP contribution in [0.1, 0.15) is 46.5 Å². The first kappa shape index (κ1) is 13.6. The Morgan fingerprint density at radius 1 is 1.38 bits per heavy atom. The number of allylic oxidation sites excluding steroid dienone is 5. The summed E-state index contributed by atoms with van der Waals surface area (Å²) >= 11 is 3.61. The summed E-state index contributed by atoms with van der Waals surface area (Å²) in [6, 6.07) is 0. The molecule has 0 radical (unpaired) electrons. The van der Waals surface area contributed by atoms with E-state index in [2.05, 4.69) is 48.9 Å². The van der Waals surface area contributed by atoms with Crippen molar-refractivity contribution < 1.29 is 4.74 Å². The van der Waals surface area contributed by atoms with Gasteiger partial charge in [0.2, 0.25) is 0 Å². The van der Waals surface area contributed by atoms with Crippen LogP contribution in [0.25, 0.3) is 0 Å². The van der Waals surface area contributed by atoms with Crippen molar-refractivity contribution in [1.29, 1.82) is 0 Å². The van der Waals surface area contributed by atoms with Gasteiger partial charge < -0.3 is 4.74 Å². The summed E-state index contributed by atoms with van der Waals surface area (Å²) in [6.07, 6.45) is 8.89. The fourth-order valence-electron chi connectivity index (χ4n) is 1.62. The topological polar surface area (TPSA) is 9.23 Å². The molecule has 0 N–H and O–H groups in total. The molecule has 1 aliphatic rings. The molecule has 0 atom stereocenters. The van der Waals surface area contributed by atoms with E-state index < -0.39 is 0 Å². The highest BCUT2D eigenvalue weighted by atomic mass is 79.9. The molecule has 0 aromatic rings. The third kappa shape index (κ3) is 4.17. The van der Waals surface area contributed by atoms with Gasteiger partial charge in [0.15, 0.2) is 0 Å². The van der Waals surface area contributed by atoms with E-state index in [1.165, 1.54) is 24.0 Å². The van der Waals surface area contributed by atoms with Crippen LogP contribution in [0, 0.1) is 0 Å². The molecule has 0 amide bonds. The molecular weight excluding hydrogens is 264 g/mol. The van der Waals surface area contributed by atoms with Crippen LogP contribution in [-0.2, 0) is 4.74 Å². The second kappa shape index (κ2) is 6.95. The van der Waals surface area contributed by atoms with E-state index in [-0.39, 0.29) is 0 Å². The summed E-state index contributed by atoms with van der Waals surface area (Å²) in [5.41, 5.74) is 2.82. The maximum atomic E-state index is 5.74. The Bertz CT molecular complexity index is 324. The summed E-state index contributed by atoms with van der Waals surface area (Å²) in [5, 5.41) is 0. The van der Waals surface area contributed by atoms with E-state index in [4.69, 9.17) is 4.74 Å². The molecule has 0 saturated heterocycles. The highest BCUT2D eigenvalue weighted by molar-refractivity contribution is 9.11. The second-order valence-electron chi connectivity index (χ2n) is 4.26. The van der Waals surface area contributed by atoms with E-state index in [1.807, 2.05) is 0 Å². The highest BCUT2D eigenvalue weighted by Crippen LogP contribution is 2.26. The van der Waals surface area contributed by atoms with Crippen molar-refractivity contribution >= 4 is 15.9 Å². The second-order valence-corrected chi connectivity index (χ2v) is 5.12. The summed E-state index contributed by atoms with van der Waals surface area (Å²) in [7, 11) is 0. The molecule has 0 aromatic heterocycles. The Kier molecular flexibility index (Phi) is 5.89. The Balaban J connectivity index is 2.87. The van der Waals surface area contributed by atoms with Gasteiger partial charge in [-0.2, -0.15) is 0 Å². The largest absolute Gasteiger partial charge is 0.493 e. The first-order valence-electron chi connectivity index (χ1n) is 6.02. The van der Waals surface area contributed by atoms with Crippen LogP contribution in [0.15, 0.2) is 33.5 Å². The van der Waals surface area contributed by atoms with Gasteiger partial charge in [0.1, 0.15) is 5.76 Å². The number of hydrogen-bond donors (Lipinski definition) is 0. The van der Waals surface area contributed by atoms with Gasteiger partial charge >= 0.3 is 0 Å². The van der Waals surface area contributed by atoms with Gasteiger partial charge in [-0.3, -0.25) is 0 Å². The van der Waals surface area contributed by atoms with Crippen molar-refractivity contribution in [2.75, 3.05) is 6.61 Å². The molecule has 1 nitrogen and oxygen atoms in total. The first-order valence-corrected chi connectivity index (χ1v) is 6.81. The smallest absolute Gasteiger partial charge is 0.129 e. The van der Waals surface area contributed by atoms with Crippen LogP contribution in [-0.4, -0.2) is 6.61 Å². The quantitative estimate of drug-likeness (QED) is 0.701. The highest BCUT2D eigenvalue weighted by Gasteiger charge is 2.06. The minimum absolute atomic E-state index is 0.788. The molecule has 0 aliphatic heterocycles. The van der Waals surface area contributed by atoms with Gasteiger partial charge in [0.25, 0.3) is 0 Å². The minimum Gasteiger partial charge on any atom is -0.493 e. The van der Waals surface area contributed by atoms with E-state index in [9.17, 15) is 0 Å². The van der Waals surface area contributed by atoms with Gasteiger partial charge in [-0.15, -0.1) is 0 Å². The van der Waals surface area contributed by atoms with Crippen molar-refractivity contribution in [2.24, 2.45) is 0 Å². The molecule has 0 fully saturated rings. The number of rotatable bonds is 3. The van der Waals surface area contributed by atoms with E-state index >= 15 is 0 Å². The zero-order valence-electron chi connectivity index (χ0n) is 10.5. The molecule has 1 rings (SSSR count). The van der Waals surface area contributed by atoms with E-state index in [1.54, 1.807) is 0 Å². The summed E-state index contributed by atoms with van der Waals surface area (Å²) in [5.74, 6) is 0.996. The van der Waals surface area contributed by atoms with Crippen LogP contribution in [0.2, 0.25) is 0 Å². The lowest BCUT2D eigenvalue weighted by Gasteiger charge is -2.09. The van der Waals surface area contributed by atoms with Gasteiger partial charge in [-0.1, -0.05) is 18.1 Å². The van der Waals surface area contributed by atoms with Crippen molar-refractivity contribution in [1.82, 2.24) is 0 Å². The maximum Gasteiger partial charge on any atom is 0.129 e. The zero-order valence-corrected chi connectivity index (χ0v) is 12.1. The molecule has 0 bridgehead atoms. The Hall–Kier alpha value is -0.500. The third-order valence-electron chi connectivity index (χ3n) is 2.80. The Labute approximate surface area is 107 Å². The van der Waals surface area contributed by atoms with Gasteiger partial charge in [-0.05, 0) is 67.6 Å². The number of halogens is 1. The van der Waals surface area contributed by atoms with Crippen LogP contribution < -0.4 is 0 Å². The number of ether oxygens (including phenoxy) is 1. The molecular formula is C14H21BrO. The molecule has 0 saturated carbocycles. The summed E-state index contributed by atoms with van der Waals surface area (Å²) < 4.78 is 6.81. The predicted molar refractivity (Wildman–Crippen MR) is 73.6 cm³/mol. The molecule has 90 valence electrons. The fraction of sp³-hybridized carbons (Fsp3) is 0.571. The predicted octanol–water partition coefficient (Wildman–Crippen LogP) is 5.10. The van der Waals surface area contributed by atoms with Crippen molar-refractivity contribution in [3.8, 4) is 0 Å². The van der Waals surface area contributed by atoms with Crippen molar-refractivity contribution in [3.05, 3.63) is 33.5 Å². The monoisotopic (exact) mass is 284 g/mol. The lowest BCUT2D eigenvalue weighted by molar-refractivity contribution is 0.222. The average molecular weight is 285 g/mol. The van der Waals surface area contributed by atoms with Crippen LogP contribution in [0.5, 0.6) is 0 Å². The van der Waals surface area contributed by atoms with Crippen molar-refractivity contribution in [3.63, 3.8) is 0 Å². The van der Waals surface area contributed by atoms with E-state index in [0.29, 0.717) is 0 Å². The van der Waals surface area contributed by atoms with Gasteiger partial charge in [0.05, 0.1) is 11.1 Å². The first-order chi connectivity index (χ1) is 7.65. The van der Waals surface area contributed by atoms with Crippen LogP contribution in [0.4, 0.5) is 0 Å². The normalized spacial score (nSPS) is 24.8. The standard InChI is InChI=1S/C14H21BrO/c1-4-9-16-14-8-6-5-7-11(2)12(3)10-13(14)15/h8,10H,4-7,9H2,1-3H3/b12-11?,13-10+,14-8-. The zero-order chi connectivity index (χ0) is 12.0. The van der Waals surface area contributed by atoms with Crippen LogP contribution in [0.3, 0.4) is 0 Å². The average Bonchev–Trinajstić information content (AvgIpc) is 2.31. The van der Waals surface area contributed by atoms with Gasteiger partial charge in [0, 0.05) is 0 Å². The van der Waals surface area contributed by atoms with Crippen molar-refractivity contribution in [2.45, 2.75) is 46.5 Å². The molecule has 1 aliphatic carbocycles. The SMILES string of the molecule is CCCOC1=C\CCCC(C)=C(C)/C=C\1Br. The summed E-state index contributed by atoms with van der Waals surface area (Å²) in [4.78, 5) is 0. The summed E-state index contributed by atoms with van der Waals surface area (Å²) in [6.45, 7) is 7.29. The van der Waals surface area contributed by atoms with Crippen LogP contribution >= 0.6 is 15.9 Å². The lowest BCUT2D eigenvalue weighted by atomic mass is 10.1. The minimum atomic E-state index is 0.788. The lowest BCUT2D eigenvalue weighted by Crippen LogP contribution is -1.94. The number of hydrogen-bond acceptors (Lipinski definition) is 1. The molecule has 0 heterocycles. The maximum absolute atomic E-state index is 5.74. The van der Waals surface area contributed by atoms with E-state index in [0.717, 1.165) is 29.7 Å². The molecule has 16 heavy (non-hydrogen) atoms. The van der Waals surface area contributed by atoms with Gasteiger partial charge in [-0.25, -0.2) is 0 Å². The molecule has 0 spiro atoms. The Morgan fingerprint density at radius 3 is 2.81 bits per heavy atom. The Morgan fingerprint density at radius 2 is 2.12 bits per heavy atom. The molecule has 2 heteroatoms. The molecule has 0 unspecified atom stereocenters. The molecule has 0 aromatic carbocycles. The third-order valence-corrected chi connectivity index (χ3v) is 3.42.